The Balaban J connectivity index is 1.83. The number of ether oxygens (including phenoxy) is 1. The Labute approximate surface area is 141 Å². The van der Waals surface area contributed by atoms with Crippen LogP contribution in [0.1, 0.15) is 44.6 Å². The zero-order valence-electron chi connectivity index (χ0n) is 14.0. The first kappa shape index (κ1) is 15.1. The zero-order chi connectivity index (χ0) is 16.9. The maximum absolute atomic E-state index is 12.7. The van der Waals surface area contributed by atoms with Gasteiger partial charge in [0.15, 0.2) is 5.78 Å². The van der Waals surface area contributed by atoms with Crippen LogP contribution in [0.5, 0.6) is 0 Å². The van der Waals surface area contributed by atoms with E-state index < -0.39 is 0 Å². The molecule has 1 heterocycles. The Bertz CT molecular complexity index is 889. The molecule has 3 heteroatoms. The minimum Gasteiger partial charge on any atom is -0.431 e. The number of fused-ring (bicyclic) bond motifs is 1. The van der Waals surface area contributed by atoms with E-state index in [1.807, 2.05) is 32.0 Å². The average molecular weight is 320 g/mol. The van der Waals surface area contributed by atoms with Gasteiger partial charge in [-0.2, -0.15) is 0 Å². The number of Topliss-reactive ketones (excluding diaryl/α,β-unsaturated/α-hetero) is 1. The predicted octanol–water partition coefficient (Wildman–Crippen LogP) is 4.51. The molecule has 0 unspecified atom stereocenters. The highest BCUT2D eigenvalue weighted by molar-refractivity contribution is 6.01. The van der Waals surface area contributed by atoms with E-state index in [4.69, 9.17) is 4.74 Å². The van der Waals surface area contributed by atoms with Crippen molar-refractivity contribution >= 4 is 22.5 Å². The zero-order valence-corrected chi connectivity index (χ0v) is 14.0. The maximum Gasteiger partial charge on any atom is 0.311 e. The fourth-order valence-corrected chi connectivity index (χ4v) is 3.91. The molecule has 1 aliphatic heterocycles. The van der Waals surface area contributed by atoms with E-state index in [1.54, 1.807) is 0 Å². The number of carbonyl (C=O) groups is 2. The monoisotopic (exact) mass is 320 g/mol. The predicted molar refractivity (Wildman–Crippen MR) is 92.4 cm³/mol. The first-order valence-corrected chi connectivity index (χ1v) is 8.39. The lowest BCUT2D eigenvalue weighted by atomic mass is 9.71. The molecule has 3 nitrogen and oxygen atoms in total. The second-order valence-electron chi connectivity index (χ2n) is 7.62. The summed E-state index contributed by atoms with van der Waals surface area (Å²) in [7, 11) is 0. The number of esters is 1. The van der Waals surface area contributed by atoms with Crippen molar-refractivity contribution in [2.24, 2.45) is 5.41 Å². The lowest BCUT2D eigenvalue weighted by molar-refractivity contribution is -0.142. The van der Waals surface area contributed by atoms with E-state index in [0.29, 0.717) is 24.2 Å². The van der Waals surface area contributed by atoms with Gasteiger partial charge in [0.2, 0.25) is 0 Å². The van der Waals surface area contributed by atoms with Crippen LogP contribution in [0.2, 0.25) is 0 Å². The summed E-state index contributed by atoms with van der Waals surface area (Å²) in [6.45, 7) is 4.09. The molecule has 2 aromatic rings. The first-order valence-electron chi connectivity index (χ1n) is 8.39. The normalized spacial score (nSPS) is 23.2. The van der Waals surface area contributed by atoms with Crippen molar-refractivity contribution in [2.75, 3.05) is 0 Å². The van der Waals surface area contributed by atoms with E-state index in [-0.39, 0.29) is 29.5 Å². The molecule has 0 amide bonds. The molecule has 0 bridgehead atoms. The molecular formula is C21H20O3. The highest BCUT2D eigenvalue weighted by Crippen LogP contribution is 2.46. The summed E-state index contributed by atoms with van der Waals surface area (Å²) in [5.74, 6) is 0.282. The van der Waals surface area contributed by atoms with Gasteiger partial charge >= 0.3 is 5.97 Å². The van der Waals surface area contributed by atoms with E-state index in [0.717, 1.165) is 16.3 Å². The minimum atomic E-state index is -0.239. The SMILES string of the molecule is CC1(C)CC(=O)C2=C(C1)OC(=O)C[C@@H]2c1ccc2ccccc2c1. The van der Waals surface area contributed by atoms with Gasteiger partial charge in [0, 0.05) is 24.3 Å². The van der Waals surface area contributed by atoms with Crippen molar-refractivity contribution < 1.29 is 14.3 Å². The summed E-state index contributed by atoms with van der Waals surface area (Å²) in [6.07, 6.45) is 1.39. The van der Waals surface area contributed by atoms with Gasteiger partial charge in [-0.1, -0.05) is 56.3 Å². The lowest BCUT2D eigenvalue weighted by Gasteiger charge is -2.36. The van der Waals surface area contributed by atoms with Crippen LogP contribution in [-0.2, 0) is 14.3 Å². The van der Waals surface area contributed by atoms with Crippen molar-refractivity contribution in [2.45, 2.75) is 39.0 Å². The van der Waals surface area contributed by atoms with Gasteiger partial charge in [-0.25, -0.2) is 0 Å². The molecule has 1 atom stereocenters. The summed E-state index contributed by atoms with van der Waals surface area (Å²) < 4.78 is 5.46. The van der Waals surface area contributed by atoms with Gasteiger partial charge in [-0.05, 0) is 21.8 Å². The maximum atomic E-state index is 12.7. The Morgan fingerprint density at radius 3 is 2.54 bits per heavy atom. The molecule has 0 saturated heterocycles. The topological polar surface area (TPSA) is 43.4 Å². The molecule has 122 valence electrons. The van der Waals surface area contributed by atoms with Crippen molar-refractivity contribution in [3.63, 3.8) is 0 Å². The molecule has 0 radical (unpaired) electrons. The second kappa shape index (κ2) is 5.30. The van der Waals surface area contributed by atoms with Crippen LogP contribution in [0.4, 0.5) is 0 Å². The van der Waals surface area contributed by atoms with Crippen LogP contribution in [0, 0.1) is 5.41 Å². The first-order chi connectivity index (χ1) is 11.4. The van der Waals surface area contributed by atoms with Gasteiger partial charge in [-0.3, -0.25) is 9.59 Å². The van der Waals surface area contributed by atoms with Gasteiger partial charge in [0.05, 0.1) is 6.42 Å². The van der Waals surface area contributed by atoms with Gasteiger partial charge in [0.1, 0.15) is 5.76 Å². The van der Waals surface area contributed by atoms with Crippen molar-refractivity contribution in [3.05, 3.63) is 59.4 Å². The smallest absolute Gasteiger partial charge is 0.311 e. The Kier molecular flexibility index (Phi) is 3.34. The van der Waals surface area contributed by atoms with E-state index in [9.17, 15) is 9.59 Å². The lowest BCUT2D eigenvalue weighted by Crippen LogP contribution is -2.33. The summed E-state index contributed by atoms with van der Waals surface area (Å²) in [5, 5.41) is 2.28. The number of carbonyl (C=O) groups excluding carboxylic acids is 2. The number of benzene rings is 2. The van der Waals surface area contributed by atoms with Crippen LogP contribution >= 0.6 is 0 Å². The van der Waals surface area contributed by atoms with E-state index in [1.165, 1.54) is 0 Å². The number of hydrogen-bond donors (Lipinski definition) is 0. The van der Waals surface area contributed by atoms with Crippen LogP contribution in [-0.4, -0.2) is 11.8 Å². The van der Waals surface area contributed by atoms with Gasteiger partial charge in [-0.15, -0.1) is 0 Å². The van der Waals surface area contributed by atoms with E-state index in [2.05, 4.69) is 24.3 Å². The van der Waals surface area contributed by atoms with Crippen LogP contribution < -0.4 is 0 Å². The van der Waals surface area contributed by atoms with Crippen molar-refractivity contribution in [1.29, 1.82) is 0 Å². The fraction of sp³-hybridized carbons (Fsp3) is 0.333. The highest BCUT2D eigenvalue weighted by Gasteiger charge is 2.42. The third-order valence-corrected chi connectivity index (χ3v) is 5.01. The fourth-order valence-electron chi connectivity index (χ4n) is 3.91. The summed E-state index contributed by atoms with van der Waals surface area (Å²) >= 11 is 0. The number of rotatable bonds is 1. The molecule has 4 rings (SSSR count). The van der Waals surface area contributed by atoms with Crippen molar-refractivity contribution in [3.8, 4) is 0 Å². The molecule has 0 N–H and O–H groups in total. The van der Waals surface area contributed by atoms with Gasteiger partial charge in [0.25, 0.3) is 0 Å². The van der Waals surface area contributed by atoms with Crippen LogP contribution in [0.15, 0.2) is 53.8 Å². The van der Waals surface area contributed by atoms with E-state index >= 15 is 0 Å². The summed E-state index contributed by atoms with van der Waals surface area (Å²) in [6, 6.07) is 14.3. The molecule has 0 aromatic heterocycles. The third-order valence-electron chi connectivity index (χ3n) is 5.01. The molecule has 1 aliphatic carbocycles. The Hall–Kier alpha value is -2.42. The molecule has 0 spiro atoms. The van der Waals surface area contributed by atoms with Gasteiger partial charge < -0.3 is 4.74 Å². The molecule has 0 fully saturated rings. The molecule has 0 saturated carbocycles. The number of allylic oxidation sites excluding steroid dienone is 2. The molecule has 2 aliphatic rings. The summed E-state index contributed by atoms with van der Waals surface area (Å²) in [5.41, 5.74) is 1.58. The second-order valence-corrected chi connectivity index (χ2v) is 7.62. The van der Waals surface area contributed by atoms with Crippen LogP contribution in [0.3, 0.4) is 0 Å². The number of hydrogen-bond acceptors (Lipinski definition) is 3. The Morgan fingerprint density at radius 1 is 1.00 bits per heavy atom. The molecule has 24 heavy (non-hydrogen) atoms. The molecule has 2 aromatic carbocycles. The number of ketones is 1. The summed E-state index contributed by atoms with van der Waals surface area (Å²) in [4.78, 5) is 24.9. The van der Waals surface area contributed by atoms with Crippen molar-refractivity contribution in [1.82, 2.24) is 0 Å². The molecular weight excluding hydrogens is 300 g/mol. The van der Waals surface area contributed by atoms with Crippen LogP contribution in [0.25, 0.3) is 10.8 Å². The highest BCUT2D eigenvalue weighted by atomic mass is 16.5. The third kappa shape index (κ3) is 2.54. The standard InChI is InChI=1S/C21H20O3/c1-21(2)11-17(22)20-16(10-19(23)24-18(20)12-21)15-8-7-13-5-3-4-6-14(13)9-15/h3-9,16H,10-12H2,1-2H3/t16-/m1/s1. The quantitative estimate of drug-likeness (QED) is 0.726. The minimum absolute atomic E-state index is 0.118. The largest absolute Gasteiger partial charge is 0.431 e. The average Bonchev–Trinajstić information content (AvgIpc) is 2.52. The Morgan fingerprint density at radius 2 is 1.75 bits per heavy atom.